The standard InChI is InChI=1S/C14H16N6/c1-19(2)6-7-20-14-12(10-17-20)9-16-13(18-14)11-4-3-5-15-8-11/h3-5,8-10H,6-7H2,1-2H3. The quantitative estimate of drug-likeness (QED) is 0.716. The van der Waals surface area contributed by atoms with Crippen LogP contribution < -0.4 is 0 Å². The van der Waals surface area contributed by atoms with Crippen LogP contribution in [0.15, 0.2) is 36.9 Å². The average molecular weight is 268 g/mol. The summed E-state index contributed by atoms with van der Waals surface area (Å²) in [6, 6.07) is 3.83. The van der Waals surface area contributed by atoms with Gasteiger partial charge in [-0.3, -0.25) is 4.98 Å². The summed E-state index contributed by atoms with van der Waals surface area (Å²) in [6.07, 6.45) is 7.12. The van der Waals surface area contributed by atoms with Crippen LogP contribution in [0.2, 0.25) is 0 Å². The molecule has 0 amide bonds. The van der Waals surface area contributed by atoms with Crippen molar-refractivity contribution in [1.29, 1.82) is 0 Å². The summed E-state index contributed by atoms with van der Waals surface area (Å²) in [5.74, 6) is 0.678. The number of likely N-dealkylation sites (N-methyl/N-ethyl adjacent to an activating group) is 1. The van der Waals surface area contributed by atoms with Gasteiger partial charge in [0.05, 0.1) is 18.1 Å². The minimum Gasteiger partial charge on any atom is -0.308 e. The first-order valence-electron chi connectivity index (χ1n) is 6.48. The minimum atomic E-state index is 0.678. The van der Waals surface area contributed by atoms with Crippen LogP contribution in [0.25, 0.3) is 22.4 Å². The molecule has 0 spiro atoms. The van der Waals surface area contributed by atoms with Crippen molar-refractivity contribution in [2.24, 2.45) is 0 Å². The Balaban J connectivity index is 1.99. The second kappa shape index (κ2) is 5.34. The fraction of sp³-hybridized carbons (Fsp3) is 0.286. The molecule has 0 radical (unpaired) electrons. The molecule has 0 unspecified atom stereocenters. The molecule has 3 aromatic heterocycles. The van der Waals surface area contributed by atoms with Gasteiger partial charge in [0.1, 0.15) is 0 Å². The first kappa shape index (κ1) is 12.7. The molecule has 0 fully saturated rings. The van der Waals surface area contributed by atoms with Gasteiger partial charge in [0, 0.05) is 30.7 Å². The molecule has 3 rings (SSSR count). The lowest BCUT2D eigenvalue weighted by Crippen LogP contribution is -2.19. The van der Waals surface area contributed by atoms with Crippen LogP contribution in [0.4, 0.5) is 0 Å². The van der Waals surface area contributed by atoms with E-state index in [4.69, 9.17) is 0 Å². The molecular weight excluding hydrogens is 252 g/mol. The van der Waals surface area contributed by atoms with Crippen molar-refractivity contribution in [2.75, 3.05) is 20.6 Å². The predicted molar refractivity (Wildman–Crippen MR) is 77.1 cm³/mol. The lowest BCUT2D eigenvalue weighted by molar-refractivity contribution is 0.376. The van der Waals surface area contributed by atoms with Crippen LogP contribution in [-0.4, -0.2) is 50.3 Å². The third-order valence-electron chi connectivity index (χ3n) is 3.06. The third kappa shape index (κ3) is 2.50. The number of rotatable bonds is 4. The largest absolute Gasteiger partial charge is 0.308 e. The Morgan fingerprint density at radius 3 is 2.85 bits per heavy atom. The molecule has 3 heterocycles. The van der Waals surface area contributed by atoms with Gasteiger partial charge in [-0.05, 0) is 26.2 Å². The first-order valence-corrected chi connectivity index (χ1v) is 6.48. The Kier molecular flexibility index (Phi) is 3.39. The van der Waals surface area contributed by atoms with Crippen LogP contribution in [0.5, 0.6) is 0 Å². The van der Waals surface area contributed by atoms with Crippen molar-refractivity contribution in [3.05, 3.63) is 36.9 Å². The van der Waals surface area contributed by atoms with Gasteiger partial charge in [0.15, 0.2) is 11.5 Å². The fourth-order valence-corrected chi connectivity index (χ4v) is 1.96. The summed E-state index contributed by atoms with van der Waals surface area (Å²) in [7, 11) is 4.09. The minimum absolute atomic E-state index is 0.678. The Hall–Kier alpha value is -2.34. The lowest BCUT2D eigenvalue weighted by atomic mass is 10.2. The summed E-state index contributed by atoms with van der Waals surface area (Å²) in [4.78, 5) is 15.2. The maximum atomic E-state index is 4.61. The highest BCUT2D eigenvalue weighted by Crippen LogP contribution is 2.17. The molecule has 0 bridgehead atoms. The summed E-state index contributed by atoms with van der Waals surface area (Å²) in [5, 5.41) is 5.33. The van der Waals surface area contributed by atoms with E-state index in [0.29, 0.717) is 5.82 Å². The number of fused-ring (bicyclic) bond motifs is 1. The second-order valence-corrected chi connectivity index (χ2v) is 4.89. The second-order valence-electron chi connectivity index (χ2n) is 4.89. The van der Waals surface area contributed by atoms with Crippen LogP contribution in [0, 0.1) is 0 Å². The molecule has 0 aliphatic rings. The highest BCUT2D eigenvalue weighted by atomic mass is 15.3. The van der Waals surface area contributed by atoms with Crippen LogP contribution in [0.3, 0.4) is 0 Å². The predicted octanol–water partition coefficient (Wildman–Crippen LogP) is 1.45. The number of nitrogens with zero attached hydrogens (tertiary/aromatic N) is 6. The van der Waals surface area contributed by atoms with Gasteiger partial charge >= 0.3 is 0 Å². The number of pyridine rings is 1. The van der Waals surface area contributed by atoms with Crippen molar-refractivity contribution < 1.29 is 0 Å². The molecule has 0 atom stereocenters. The van der Waals surface area contributed by atoms with Crippen molar-refractivity contribution in [3.63, 3.8) is 0 Å². The topological polar surface area (TPSA) is 59.7 Å². The Morgan fingerprint density at radius 2 is 2.10 bits per heavy atom. The molecule has 0 saturated carbocycles. The molecule has 0 N–H and O–H groups in total. The number of hydrogen-bond acceptors (Lipinski definition) is 5. The molecule has 6 nitrogen and oxygen atoms in total. The fourth-order valence-electron chi connectivity index (χ4n) is 1.96. The van der Waals surface area contributed by atoms with Gasteiger partial charge in [-0.25, -0.2) is 14.6 Å². The van der Waals surface area contributed by atoms with Crippen molar-refractivity contribution in [1.82, 2.24) is 29.6 Å². The summed E-state index contributed by atoms with van der Waals surface area (Å²) < 4.78 is 1.91. The molecule has 3 aromatic rings. The normalized spacial score (nSPS) is 11.3. The van der Waals surface area contributed by atoms with E-state index < -0.39 is 0 Å². The molecule has 6 heteroatoms. The van der Waals surface area contributed by atoms with Gasteiger partial charge in [-0.2, -0.15) is 5.10 Å². The SMILES string of the molecule is CN(C)CCn1ncc2cnc(-c3cccnc3)nc21. The highest BCUT2D eigenvalue weighted by Gasteiger charge is 2.08. The smallest absolute Gasteiger partial charge is 0.163 e. The maximum Gasteiger partial charge on any atom is 0.163 e. The summed E-state index contributed by atoms with van der Waals surface area (Å²) >= 11 is 0. The van der Waals surface area contributed by atoms with E-state index in [1.807, 2.05) is 37.1 Å². The first-order chi connectivity index (χ1) is 9.74. The zero-order chi connectivity index (χ0) is 13.9. The summed E-state index contributed by atoms with van der Waals surface area (Å²) in [6.45, 7) is 1.73. The third-order valence-corrected chi connectivity index (χ3v) is 3.06. The molecular formula is C14H16N6. The van der Waals surface area contributed by atoms with E-state index in [0.717, 1.165) is 29.7 Å². The van der Waals surface area contributed by atoms with Gasteiger partial charge in [0.25, 0.3) is 0 Å². The van der Waals surface area contributed by atoms with Crippen LogP contribution in [0.1, 0.15) is 0 Å². The van der Waals surface area contributed by atoms with Gasteiger partial charge in [-0.1, -0.05) is 0 Å². The molecule has 20 heavy (non-hydrogen) atoms. The van der Waals surface area contributed by atoms with Crippen molar-refractivity contribution >= 4 is 11.0 Å². The number of hydrogen-bond donors (Lipinski definition) is 0. The highest BCUT2D eigenvalue weighted by molar-refractivity contribution is 5.75. The van der Waals surface area contributed by atoms with Gasteiger partial charge in [-0.15, -0.1) is 0 Å². The lowest BCUT2D eigenvalue weighted by Gasteiger charge is -2.09. The van der Waals surface area contributed by atoms with E-state index in [9.17, 15) is 0 Å². The van der Waals surface area contributed by atoms with Crippen molar-refractivity contribution in [3.8, 4) is 11.4 Å². The Bertz CT molecular complexity index is 704. The van der Waals surface area contributed by atoms with E-state index in [2.05, 4.69) is 25.0 Å². The van der Waals surface area contributed by atoms with E-state index in [1.54, 1.807) is 18.6 Å². The molecule has 0 saturated heterocycles. The molecule has 0 aromatic carbocycles. The average Bonchev–Trinajstić information content (AvgIpc) is 2.88. The molecule has 0 aliphatic carbocycles. The zero-order valence-electron chi connectivity index (χ0n) is 11.6. The van der Waals surface area contributed by atoms with E-state index in [1.165, 1.54) is 0 Å². The molecule has 0 aliphatic heterocycles. The van der Waals surface area contributed by atoms with Gasteiger partial charge < -0.3 is 4.90 Å². The maximum absolute atomic E-state index is 4.61. The van der Waals surface area contributed by atoms with Crippen LogP contribution in [-0.2, 0) is 6.54 Å². The Morgan fingerprint density at radius 1 is 1.20 bits per heavy atom. The van der Waals surface area contributed by atoms with Gasteiger partial charge in [0.2, 0.25) is 0 Å². The zero-order valence-corrected chi connectivity index (χ0v) is 11.6. The van der Waals surface area contributed by atoms with Crippen molar-refractivity contribution in [2.45, 2.75) is 6.54 Å². The van der Waals surface area contributed by atoms with E-state index in [-0.39, 0.29) is 0 Å². The monoisotopic (exact) mass is 268 g/mol. The Labute approximate surface area is 117 Å². The summed E-state index contributed by atoms with van der Waals surface area (Å²) in [5.41, 5.74) is 1.77. The van der Waals surface area contributed by atoms with Crippen LogP contribution >= 0.6 is 0 Å². The molecule has 102 valence electrons. The number of aromatic nitrogens is 5. The van der Waals surface area contributed by atoms with E-state index >= 15 is 0 Å².